The normalized spacial score (nSPS) is 10.8. The van der Waals surface area contributed by atoms with Crippen LogP contribution in [0.3, 0.4) is 0 Å². The number of fused-ring (bicyclic) bond motifs is 1. The van der Waals surface area contributed by atoms with Gasteiger partial charge >= 0.3 is 0 Å². The Bertz CT molecular complexity index is 837. The van der Waals surface area contributed by atoms with Crippen molar-refractivity contribution in [3.05, 3.63) is 64.3 Å². The zero-order valence-electron chi connectivity index (χ0n) is 11.7. The Morgan fingerprint density at radius 2 is 1.95 bits per heavy atom. The summed E-state index contributed by atoms with van der Waals surface area (Å²) < 4.78 is 7.86. The molecule has 2 aromatic carbocycles. The number of ether oxygens (including phenoxy) is 1. The fraction of sp³-hybridized carbons (Fsp3) is 0.125. The van der Waals surface area contributed by atoms with Crippen LogP contribution in [0.25, 0.3) is 10.9 Å². The third kappa shape index (κ3) is 2.45. The quantitative estimate of drug-likeness (QED) is 0.534. The summed E-state index contributed by atoms with van der Waals surface area (Å²) >= 11 is 0. The molecule has 0 saturated carbocycles. The van der Waals surface area contributed by atoms with E-state index >= 15 is 0 Å². The molecule has 0 N–H and O–H groups in total. The molecule has 3 rings (SSSR count). The number of non-ortho nitro benzene ring substituents is 1. The second-order valence-corrected chi connectivity index (χ2v) is 4.96. The molecular formula is C16H14N2O3. The molecule has 0 atom stereocenters. The van der Waals surface area contributed by atoms with Crippen LogP contribution in [0.1, 0.15) is 5.56 Å². The molecule has 0 aliphatic carbocycles. The van der Waals surface area contributed by atoms with E-state index in [9.17, 15) is 10.1 Å². The van der Waals surface area contributed by atoms with Crippen LogP contribution in [0, 0.1) is 17.0 Å². The Morgan fingerprint density at radius 1 is 1.14 bits per heavy atom. The zero-order valence-corrected chi connectivity index (χ0v) is 11.7. The van der Waals surface area contributed by atoms with Crippen molar-refractivity contribution >= 4 is 16.6 Å². The summed E-state index contributed by atoms with van der Waals surface area (Å²) in [7, 11) is 1.98. The molecule has 0 saturated heterocycles. The van der Waals surface area contributed by atoms with Crippen molar-refractivity contribution in [3.63, 3.8) is 0 Å². The highest BCUT2D eigenvalue weighted by atomic mass is 16.6. The van der Waals surface area contributed by atoms with Crippen LogP contribution in [0.4, 0.5) is 5.69 Å². The largest absolute Gasteiger partial charge is 0.457 e. The van der Waals surface area contributed by atoms with Gasteiger partial charge in [-0.05, 0) is 42.1 Å². The highest BCUT2D eigenvalue weighted by Gasteiger charge is 2.10. The van der Waals surface area contributed by atoms with Crippen molar-refractivity contribution < 1.29 is 9.66 Å². The minimum absolute atomic E-state index is 0.0673. The average molecular weight is 282 g/mol. The van der Waals surface area contributed by atoms with Gasteiger partial charge in [-0.25, -0.2) is 0 Å². The van der Waals surface area contributed by atoms with E-state index in [2.05, 4.69) is 0 Å². The minimum Gasteiger partial charge on any atom is -0.457 e. The van der Waals surface area contributed by atoms with Gasteiger partial charge in [0.2, 0.25) is 0 Å². The van der Waals surface area contributed by atoms with Crippen LogP contribution in [0.2, 0.25) is 0 Å². The second kappa shape index (κ2) is 4.94. The van der Waals surface area contributed by atoms with Crippen molar-refractivity contribution in [2.45, 2.75) is 6.92 Å². The molecular weight excluding hydrogens is 268 g/mol. The molecule has 0 unspecified atom stereocenters. The summed E-state index contributed by atoms with van der Waals surface area (Å²) in [4.78, 5) is 10.3. The van der Waals surface area contributed by atoms with E-state index in [1.165, 1.54) is 12.1 Å². The number of nitrogens with zero attached hydrogens (tertiary/aromatic N) is 2. The van der Waals surface area contributed by atoms with Gasteiger partial charge in [0.1, 0.15) is 11.5 Å². The van der Waals surface area contributed by atoms with Gasteiger partial charge < -0.3 is 9.30 Å². The monoisotopic (exact) mass is 282 g/mol. The van der Waals surface area contributed by atoms with Gasteiger partial charge in [0, 0.05) is 31.4 Å². The minimum atomic E-state index is -0.410. The predicted octanol–water partition coefficient (Wildman–Crippen LogP) is 4.19. The lowest BCUT2D eigenvalue weighted by atomic mass is 10.2. The Morgan fingerprint density at radius 3 is 2.67 bits per heavy atom. The van der Waals surface area contributed by atoms with E-state index in [0.717, 1.165) is 16.5 Å². The molecule has 21 heavy (non-hydrogen) atoms. The van der Waals surface area contributed by atoms with Crippen molar-refractivity contribution in [2.75, 3.05) is 0 Å². The van der Waals surface area contributed by atoms with Crippen LogP contribution < -0.4 is 4.74 Å². The summed E-state index contributed by atoms with van der Waals surface area (Å²) in [5.74, 6) is 1.33. The van der Waals surface area contributed by atoms with Crippen molar-refractivity contribution in [3.8, 4) is 11.5 Å². The molecule has 5 heteroatoms. The number of nitro benzene ring substituents is 1. The summed E-state index contributed by atoms with van der Waals surface area (Å²) in [5.41, 5.74) is 1.88. The highest BCUT2D eigenvalue weighted by Crippen LogP contribution is 2.30. The molecule has 0 aliphatic heterocycles. The van der Waals surface area contributed by atoms with E-state index in [0.29, 0.717) is 11.5 Å². The molecule has 0 bridgehead atoms. The molecule has 0 aliphatic rings. The van der Waals surface area contributed by atoms with Crippen LogP contribution in [-0.2, 0) is 7.05 Å². The Labute approximate surface area is 121 Å². The Balaban J connectivity index is 1.94. The smallest absolute Gasteiger partial charge is 0.269 e. The molecule has 0 spiro atoms. The van der Waals surface area contributed by atoms with Crippen molar-refractivity contribution in [1.29, 1.82) is 0 Å². The summed E-state index contributed by atoms with van der Waals surface area (Å²) in [5, 5.41) is 11.9. The third-order valence-corrected chi connectivity index (χ3v) is 3.46. The van der Waals surface area contributed by atoms with Gasteiger partial charge in [-0.1, -0.05) is 0 Å². The highest BCUT2D eigenvalue weighted by molar-refractivity contribution is 5.81. The Kier molecular flexibility index (Phi) is 3.10. The van der Waals surface area contributed by atoms with Gasteiger partial charge in [0.25, 0.3) is 5.69 Å². The molecule has 106 valence electrons. The number of aromatic nitrogens is 1. The van der Waals surface area contributed by atoms with Gasteiger partial charge in [-0.3, -0.25) is 10.1 Å². The van der Waals surface area contributed by atoms with Gasteiger partial charge in [-0.2, -0.15) is 0 Å². The summed E-state index contributed by atoms with van der Waals surface area (Å²) in [6.45, 7) is 1.80. The summed E-state index contributed by atoms with van der Waals surface area (Å²) in [6, 6.07) is 12.5. The number of benzene rings is 2. The molecule has 0 fully saturated rings. The van der Waals surface area contributed by atoms with Crippen LogP contribution >= 0.6 is 0 Å². The van der Waals surface area contributed by atoms with E-state index in [1.807, 2.05) is 42.1 Å². The lowest BCUT2D eigenvalue weighted by Crippen LogP contribution is -1.92. The molecule has 5 nitrogen and oxygen atoms in total. The fourth-order valence-corrected chi connectivity index (χ4v) is 2.29. The molecule has 1 heterocycles. The Hall–Kier alpha value is -2.82. The maximum Gasteiger partial charge on any atom is 0.269 e. The number of rotatable bonds is 3. The number of nitro groups is 1. The standard InChI is InChI=1S/C16H14N2O3/c1-11-9-13(18(19)20)4-6-16(11)21-14-5-3-12-7-8-17(2)15(12)10-14/h3-10H,1-2H3. The van der Waals surface area contributed by atoms with E-state index in [4.69, 9.17) is 4.74 Å². The van der Waals surface area contributed by atoms with Crippen LogP contribution in [0.5, 0.6) is 11.5 Å². The van der Waals surface area contributed by atoms with Crippen molar-refractivity contribution in [2.24, 2.45) is 7.05 Å². The number of aryl methyl sites for hydroxylation is 2. The average Bonchev–Trinajstić information content (AvgIpc) is 2.82. The van der Waals surface area contributed by atoms with Gasteiger partial charge in [0.15, 0.2) is 0 Å². The van der Waals surface area contributed by atoms with E-state index in [-0.39, 0.29) is 5.69 Å². The first-order chi connectivity index (χ1) is 10.0. The molecule has 0 amide bonds. The first-order valence-electron chi connectivity index (χ1n) is 6.52. The fourth-order valence-electron chi connectivity index (χ4n) is 2.29. The second-order valence-electron chi connectivity index (χ2n) is 4.96. The molecule has 0 radical (unpaired) electrons. The first-order valence-corrected chi connectivity index (χ1v) is 6.52. The van der Waals surface area contributed by atoms with E-state index < -0.39 is 4.92 Å². The van der Waals surface area contributed by atoms with Gasteiger partial charge in [-0.15, -0.1) is 0 Å². The third-order valence-electron chi connectivity index (χ3n) is 3.46. The predicted molar refractivity (Wildman–Crippen MR) is 80.8 cm³/mol. The summed E-state index contributed by atoms with van der Waals surface area (Å²) in [6.07, 6.45) is 1.99. The zero-order chi connectivity index (χ0) is 15.0. The maximum absolute atomic E-state index is 10.7. The van der Waals surface area contributed by atoms with Crippen molar-refractivity contribution in [1.82, 2.24) is 4.57 Å². The van der Waals surface area contributed by atoms with E-state index in [1.54, 1.807) is 13.0 Å². The van der Waals surface area contributed by atoms with Crippen LogP contribution in [-0.4, -0.2) is 9.49 Å². The maximum atomic E-state index is 10.7. The first kappa shape index (κ1) is 13.2. The lowest BCUT2D eigenvalue weighted by molar-refractivity contribution is -0.384. The number of hydrogen-bond donors (Lipinski definition) is 0. The molecule has 3 aromatic rings. The number of hydrogen-bond acceptors (Lipinski definition) is 3. The lowest BCUT2D eigenvalue weighted by Gasteiger charge is -2.09. The molecule has 1 aromatic heterocycles. The van der Waals surface area contributed by atoms with Crippen LogP contribution in [0.15, 0.2) is 48.7 Å². The SMILES string of the molecule is Cc1cc([N+](=O)[O-])ccc1Oc1ccc2ccn(C)c2c1. The van der Waals surface area contributed by atoms with Gasteiger partial charge in [0.05, 0.1) is 10.4 Å². The topological polar surface area (TPSA) is 57.3 Å².